The molecule has 3 aromatic heterocycles. The topological polar surface area (TPSA) is 55.6 Å². The van der Waals surface area contributed by atoms with Crippen molar-refractivity contribution in [3.05, 3.63) is 90.3 Å². The molecule has 5 rings (SSSR count). The number of nitrogens with one attached hydrogen (secondary N) is 1. The highest BCUT2D eigenvalue weighted by atomic mass is 15.0. The average molecular weight is 420 g/mol. The maximum Gasteiger partial charge on any atom is 0.130 e. The van der Waals surface area contributed by atoms with Crippen LogP contribution < -0.4 is 5.32 Å². The van der Waals surface area contributed by atoms with Crippen LogP contribution >= 0.6 is 0 Å². The number of imidazole rings is 1. The van der Waals surface area contributed by atoms with Crippen LogP contribution in [0.1, 0.15) is 17.1 Å². The van der Waals surface area contributed by atoms with E-state index in [1.165, 1.54) is 0 Å². The van der Waals surface area contributed by atoms with Crippen LogP contribution in [-0.4, -0.2) is 19.5 Å². The summed E-state index contributed by atoms with van der Waals surface area (Å²) in [6, 6.07) is 19.1. The Labute approximate surface area is 187 Å². The zero-order chi connectivity index (χ0) is 22.2. The van der Waals surface area contributed by atoms with Crippen LogP contribution in [0.5, 0.6) is 0 Å². The molecule has 158 valence electrons. The summed E-state index contributed by atoms with van der Waals surface area (Å²) in [6.45, 7) is 6.12. The SMILES string of the molecule is Cc1ccc(-c2ccc3cnc(Nc4ccc(-c5cnc(C)n5C)cc4C)cc3c2)cn1. The minimum Gasteiger partial charge on any atom is -0.340 e. The molecule has 0 aliphatic carbocycles. The first-order valence-electron chi connectivity index (χ1n) is 10.7. The van der Waals surface area contributed by atoms with E-state index in [0.717, 1.165) is 61.7 Å². The van der Waals surface area contributed by atoms with Crippen LogP contribution in [0.25, 0.3) is 33.2 Å². The minimum absolute atomic E-state index is 0.823. The van der Waals surface area contributed by atoms with E-state index in [1.54, 1.807) is 0 Å². The molecule has 0 saturated carbocycles. The van der Waals surface area contributed by atoms with Crippen molar-refractivity contribution in [2.45, 2.75) is 20.8 Å². The number of pyridine rings is 2. The predicted octanol–water partition coefficient (Wildman–Crippen LogP) is 6.37. The molecule has 5 heteroatoms. The van der Waals surface area contributed by atoms with Crippen molar-refractivity contribution >= 4 is 22.3 Å². The highest BCUT2D eigenvalue weighted by Gasteiger charge is 2.09. The molecule has 0 fully saturated rings. The lowest BCUT2D eigenvalue weighted by Crippen LogP contribution is -1.98. The standard InChI is InChI=1S/C27H25N5/c1-17-11-21(26-16-29-19(3)32(26)4)9-10-25(17)31-27-13-24-12-20(7-8-23(24)15-30-27)22-6-5-18(2)28-14-22/h5-16H,1-4H3,(H,30,31). The molecule has 5 aromatic rings. The molecule has 2 aromatic carbocycles. The van der Waals surface area contributed by atoms with E-state index < -0.39 is 0 Å². The smallest absolute Gasteiger partial charge is 0.130 e. The lowest BCUT2D eigenvalue weighted by atomic mass is 10.0. The van der Waals surface area contributed by atoms with E-state index in [0.29, 0.717) is 0 Å². The summed E-state index contributed by atoms with van der Waals surface area (Å²) in [5, 5.41) is 5.73. The zero-order valence-electron chi connectivity index (χ0n) is 18.7. The van der Waals surface area contributed by atoms with Gasteiger partial charge in [0.05, 0.1) is 11.9 Å². The molecule has 0 amide bonds. The molecule has 1 N–H and O–H groups in total. The summed E-state index contributed by atoms with van der Waals surface area (Å²) in [7, 11) is 2.04. The van der Waals surface area contributed by atoms with Crippen LogP contribution in [0, 0.1) is 20.8 Å². The predicted molar refractivity (Wildman–Crippen MR) is 131 cm³/mol. The van der Waals surface area contributed by atoms with Gasteiger partial charge in [-0.1, -0.05) is 24.3 Å². The highest BCUT2D eigenvalue weighted by Crippen LogP contribution is 2.29. The van der Waals surface area contributed by atoms with Crippen LogP contribution in [0.2, 0.25) is 0 Å². The fourth-order valence-corrected chi connectivity index (χ4v) is 3.90. The summed E-state index contributed by atoms with van der Waals surface area (Å²) in [5.74, 6) is 1.82. The molecule has 0 bridgehead atoms. The van der Waals surface area contributed by atoms with Crippen molar-refractivity contribution in [2.75, 3.05) is 5.32 Å². The number of hydrogen-bond acceptors (Lipinski definition) is 4. The summed E-state index contributed by atoms with van der Waals surface area (Å²) >= 11 is 0. The van der Waals surface area contributed by atoms with E-state index in [4.69, 9.17) is 0 Å². The average Bonchev–Trinajstić information content (AvgIpc) is 3.13. The number of rotatable bonds is 4. The van der Waals surface area contributed by atoms with Gasteiger partial charge in [0.2, 0.25) is 0 Å². The highest BCUT2D eigenvalue weighted by molar-refractivity contribution is 5.89. The van der Waals surface area contributed by atoms with Crippen molar-refractivity contribution in [2.24, 2.45) is 7.05 Å². The molecule has 0 spiro atoms. The molecule has 0 unspecified atom stereocenters. The summed E-state index contributed by atoms with van der Waals surface area (Å²) in [6.07, 6.45) is 5.76. The largest absolute Gasteiger partial charge is 0.340 e. The second kappa shape index (κ2) is 7.93. The van der Waals surface area contributed by atoms with E-state index in [9.17, 15) is 0 Å². The molecule has 0 aliphatic rings. The van der Waals surface area contributed by atoms with Gasteiger partial charge in [-0.25, -0.2) is 9.97 Å². The monoisotopic (exact) mass is 419 g/mol. The Kier molecular flexibility index (Phi) is 4.94. The van der Waals surface area contributed by atoms with Gasteiger partial charge in [0.25, 0.3) is 0 Å². The first-order chi connectivity index (χ1) is 15.5. The lowest BCUT2D eigenvalue weighted by molar-refractivity contribution is 0.865. The lowest BCUT2D eigenvalue weighted by Gasteiger charge is -2.12. The third kappa shape index (κ3) is 3.73. The fraction of sp³-hybridized carbons (Fsp3) is 0.148. The van der Waals surface area contributed by atoms with E-state index >= 15 is 0 Å². The number of hydrogen-bond donors (Lipinski definition) is 1. The van der Waals surface area contributed by atoms with Gasteiger partial charge in [-0.05, 0) is 67.6 Å². The third-order valence-electron chi connectivity index (χ3n) is 5.97. The number of nitrogens with zero attached hydrogens (tertiary/aromatic N) is 4. The Morgan fingerprint density at radius 2 is 1.50 bits per heavy atom. The van der Waals surface area contributed by atoms with Crippen LogP contribution in [0.4, 0.5) is 11.5 Å². The number of fused-ring (bicyclic) bond motifs is 1. The van der Waals surface area contributed by atoms with Crippen molar-refractivity contribution in [1.82, 2.24) is 19.5 Å². The van der Waals surface area contributed by atoms with Crippen LogP contribution in [-0.2, 0) is 7.05 Å². The quantitative estimate of drug-likeness (QED) is 0.368. The van der Waals surface area contributed by atoms with Crippen molar-refractivity contribution in [3.8, 4) is 22.4 Å². The molecule has 0 aliphatic heterocycles. The van der Waals surface area contributed by atoms with Crippen LogP contribution in [0.3, 0.4) is 0 Å². The van der Waals surface area contributed by atoms with Crippen molar-refractivity contribution in [1.29, 1.82) is 0 Å². The summed E-state index contributed by atoms with van der Waals surface area (Å²) < 4.78 is 2.11. The summed E-state index contributed by atoms with van der Waals surface area (Å²) in [5.41, 5.74) is 7.74. The normalized spacial score (nSPS) is 11.1. The van der Waals surface area contributed by atoms with Gasteiger partial charge >= 0.3 is 0 Å². The van der Waals surface area contributed by atoms with Gasteiger partial charge in [0, 0.05) is 47.3 Å². The van der Waals surface area contributed by atoms with E-state index in [2.05, 4.69) is 80.3 Å². The summed E-state index contributed by atoms with van der Waals surface area (Å²) in [4.78, 5) is 13.4. The molecule has 5 nitrogen and oxygen atoms in total. The van der Waals surface area contributed by atoms with Gasteiger partial charge in [0.1, 0.15) is 11.6 Å². The first kappa shape index (κ1) is 19.9. The van der Waals surface area contributed by atoms with Crippen molar-refractivity contribution < 1.29 is 0 Å². The van der Waals surface area contributed by atoms with Gasteiger partial charge in [-0.15, -0.1) is 0 Å². The number of aryl methyl sites for hydroxylation is 3. The number of aromatic nitrogens is 4. The molecular formula is C27H25N5. The second-order valence-electron chi connectivity index (χ2n) is 8.22. The molecule has 32 heavy (non-hydrogen) atoms. The van der Waals surface area contributed by atoms with Gasteiger partial charge < -0.3 is 9.88 Å². The molecule has 0 radical (unpaired) electrons. The van der Waals surface area contributed by atoms with Gasteiger partial charge in [-0.3, -0.25) is 4.98 Å². The maximum absolute atomic E-state index is 4.62. The first-order valence-corrected chi connectivity index (χ1v) is 10.7. The van der Waals surface area contributed by atoms with Crippen LogP contribution in [0.15, 0.2) is 73.2 Å². The Bertz CT molecular complexity index is 1430. The molecule has 3 heterocycles. The maximum atomic E-state index is 4.62. The Hall–Kier alpha value is -3.99. The Morgan fingerprint density at radius 3 is 2.22 bits per heavy atom. The fourth-order valence-electron chi connectivity index (χ4n) is 3.90. The molecule has 0 atom stereocenters. The zero-order valence-corrected chi connectivity index (χ0v) is 18.7. The number of benzene rings is 2. The minimum atomic E-state index is 0.823. The Morgan fingerprint density at radius 1 is 0.688 bits per heavy atom. The van der Waals surface area contributed by atoms with Gasteiger partial charge in [-0.2, -0.15) is 0 Å². The van der Waals surface area contributed by atoms with Crippen molar-refractivity contribution in [3.63, 3.8) is 0 Å². The van der Waals surface area contributed by atoms with E-state index in [-0.39, 0.29) is 0 Å². The second-order valence-corrected chi connectivity index (χ2v) is 8.22. The van der Waals surface area contributed by atoms with E-state index in [1.807, 2.05) is 45.6 Å². The third-order valence-corrected chi connectivity index (χ3v) is 5.97. The number of anilines is 2. The van der Waals surface area contributed by atoms with Gasteiger partial charge in [0.15, 0.2) is 0 Å². The Balaban J connectivity index is 1.44. The molecule has 0 saturated heterocycles. The molecular weight excluding hydrogens is 394 g/mol.